The summed E-state index contributed by atoms with van der Waals surface area (Å²) in [4.78, 5) is 0.304. The molecule has 0 saturated carbocycles. The molecule has 0 heterocycles. The topological polar surface area (TPSA) is 75.6 Å². The quantitative estimate of drug-likeness (QED) is 0.775. The van der Waals surface area contributed by atoms with Gasteiger partial charge in [-0.2, -0.15) is 0 Å². The van der Waals surface area contributed by atoms with E-state index in [-0.39, 0.29) is 12.3 Å². The van der Waals surface area contributed by atoms with Gasteiger partial charge in [0.25, 0.3) is 0 Å². The highest BCUT2D eigenvalue weighted by molar-refractivity contribution is 7.89. The van der Waals surface area contributed by atoms with Crippen LogP contribution in [-0.4, -0.2) is 19.1 Å². The van der Waals surface area contributed by atoms with Crippen LogP contribution >= 0.6 is 12.3 Å². The first-order valence-corrected chi connectivity index (χ1v) is 10.2. The van der Waals surface area contributed by atoms with E-state index in [1.54, 1.807) is 13.8 Å². The van der Waals surface area contributed by atoms with Gasteiger partial charge in [-0.3, -0.25) is 4.18 Å². The number of sulfonamides is 1. The molecular weight excluding hydrogens is 358 g/mol. The standard InChI is InChI=1S/C18H21NO4S2/c1-11-8-12(2)18(13(3)9-11)25(21,22)19-17-15-7-5-4-6-14(15)10-16(17)23-24-20/h4-9,16-17,19-20H,10H2,1-3H3/t16-,17+/m0/s1. The smallest absolute Gasteiger partial charge is 0.241 e. The van der Waals surface area contributed by atoms with Crippen molar-refractivity contribution >= 4 is 22.3 Å². The van der Waals surface area contributed by atoms with Gasteiger partial charge in [-0.05, 0) is 43.0 Å². The van der Waals surface area contributed by atoms with Gasteiger partial charge < -0.3 is 4.55 Å². The van der Waals surface area contributed by atoms with Crippen LogP contribution in [0.4, 0.5) is 0 Å². The SMILES string of the molecule is Cc1cc(C)c(S(=O)(=O)N[C@@H]2c3ccccc3C[C@@H]2OSO)c(C)c1. The third kappa shape index (κ3) is 3.61. The second-order valence-electron chi connectivity index (χ2n) is 6.44. The minimum atomic E-state index is -3.74. The summed E-state index contributed by atoms with van der Waals surface area (Å²) < 4.78 is 43.3. The molecule has 1 aliphatic carbocycles. The number of benzene rings is 2. The van der Waals surface area contributed by atoms with Gasteiger partial charge in [0.05, 0.1) is 17.0 Å². The molecule has 2 aromatic carbocycles. The van der Waals surface area contributed by atoms with Gasteiger partial charge in [0.1, 0.15) is 0 Å². The van der Waals surface area contributed by atoms with Crippen molar-refractivity contribution in [3.63, 3.8) is 0 Å². The lowest BCUT2D eigenvalue weighted by atomic mass is 10.1. The van der Waals surface area contributed by atoms with Crippen molar-refractivity contribution in [1.29, 1.82) is 0 Å². The maximum atomic E-state index is 13.1. The van der Waals surface area contributed by atoms with E-state index in [0.717, 1.165) is 16.7 Å². The number of fused-ring (bicyclic) bond motifs is 1. The van der Waals surface area contributed by atoms with Crippen molar-refractivity contribution < 1.29 is 17.2 Å². The molecule has 25 heavy (non-hydrogen) atoms. The lowest BCUT2D eigenvalue weighted by Gasteiger charge is -2.22. The Morgan fingerprint density at radius 3 is 2.44 bits per heavy atom. The summed E-state index contributed by atoms with van der Waals surface area (Å²) in [7, 11) is -3.74. The van der Waals surface area contributed by atoms with E-state index in [4.69, 9.17) is 8.74 Å². The number of hydrogen-bond donors (Lipinski definition) is 2. The fourth-order valence-electron chi connectivity index (χ4n) is 3.66. The Hall–Kier alpha value is -1.38. The molecule has 0 radical (unpaired) electrons. The van der Waals surface area contributed by atoms with Crippen LogP contribution in [0.1, 0.15) is 33.9 Å². The van der Waals surface area contributed by atoms with E-state index >= 15 is 0 Å². The van der Waals surface area contributed by atoms with Gasteiger partial charge in [-0.1, -0.05) is 42.0 Å². The maximum Gasteiger partial charge on any atom is 0.241 e. The summed E-state index contributed by atoms with van der Waals surface area (Å²) in [5.74, 6) is 0. The summed E-state index contributed by atoms with van der Waals surface area (Å²) in [5, 5.41) is 0. The fourth-order valence-corrected chi connectivity index (χ4v) is 5.65. The first-order valence-electron chi connectivity index (χ1n) is 7.98. The van der Waals surface area contributed by atoms with Gasteiger partial charge in [0, 0.05) is 6.42 Å². The predicted octanol–water partition coefficient (Wildman–Crippen LogP) is 3.69. The van der Waals surface area contributed by atoms with Crippen LogP contribution < -0.4 is 4.72 Å². The monoisotopic (exact) mass is 379 g/mol. The molecular formula is C18H21NO4S2. The number of aryl methyl sites for hydroxylation is 3. The molecule has 134 valence electrons. The fraction of sp³-hybridized carbons (Fsp3) is 0.333. The van der Waals surface area contributed by atoms with E-state index in [1.165, 1.54) is 0 Å². The molecule has 5 nitrogen and oxygen atoms in total. The Morgan fingerprint density at radius 1 is 1.16 bits per heavy atom. The highest BCUT2D eigenvalue weighted by Gasteiger charge is 2.37. The first-order chi connectivity index (χ1) is 11.8. The van der Waals surface area contributed by atoms with Crippen molar-refractivity contribution in [1.82, 2.24) is 4.72 Å². The molecule has 3 rings (SSSR count). The van der Waals surface area contributed by atoms with Crippen molar-refractivity contribution in [3.05, 3.63) is 64.2 Å². The lowest BCUT2D eigenvalue weighted by molar-refractivity contribution is 0.199. The second-order valence-corrected chi connectivity index (χ2v) is 8.43. The van der Waals surface area contributed by atoms with Crippen LogP contribution in [0.3, 0.4) is 0 Å². The zero-order valence-corrected chi connectivity index (χ0v) is 15.9. The second kappa shape index (κ2) is 7.09. The number of nitrogens with one attached hydrogen (secondary N) is 1. The Morgan fingerprint density at radius 2 is 1.80 bits per heavy atom. The molecule has 0 aromatic heterocycles. The van der Waals surface area contributed by atoms with Crippen LogP contribution in [0.15, 0.2) is 41.3 Å². The Balaban J connectivity index is 2.00. The van der Waals surface area contributed by atoms with Crippen LogP contribution in [-0.2, 0) is 20.6 Å². The summed E-state index contributed by atoms with van der Waals surface area (Å²) in [6, 6.07) is 10.8. The van der Waals surface area contributed by atoms with Crippen molar-refractivity contribution in [2.24, 2.45) is 0 Å². The molecule has 0 bridgehead atoms. The van der Waals surface area contributed by atoms with E-state index in [2.05, 4.69) is 4.72 Å². The molecule has 0 spiro atoms. The first kappa shape index (κ1) is 18.4. The molecule has 0 fully saturated rings. The van der Waals surface area contributed by atoms with Gasteiger partial charge in [0.2, 0.25) is 10.0 Å². The van der Waals surface area contributed by atoms with E-state index in [1.807, 2.05) is 43.3 Å². The molecule has 2 atom stereocenters. The van der Waals surface area contributed by atoms with Crippen molar-refractivity contribution in [3.8, 4) is 0 Å². The molecule has 0 amide bonds. The molecule has 7 heteroatoms. The molecule has 0 saturated heterocycles. The summed E-state index contributed by atoms with van der Waals surface area (Å²) in [6.07, 6.45) is 0.0798. The summed E-state index contributed by atoms with van der Waals surface area (Å²) in [6.45, 7) is 5.54. The van der Waals surface area contributed by atoms with Crippen LogP contribution in [0, 0.1) is 20.8 Å². The zero-order valence-electron chi connectivity index (χ0n) is 14.3. The van der Waals surface area contributed by atoms with E-state index in [0.29, 0.717) is 22.4 Å². The molecule has 2 aromatic rings. The minimum Gasteiger partial charge on any atom is -0.307 e. The lowest BCUT2D eigenvalue weighted by Crippen LogP contribution is -2.35. The van der Waals surface area contributed by atoms with Gasteiger partial charge in [0.15, 0.2) is 12.3 Å². The maximum absolute atomic E-state index is 13.1. The normalized spacial score (nSPS) is 19.8. The average Bonchev–Trinajstić information content (AvgIpc) is 2.83. The predicted molar refractivity (Wildman–Crippen MR) is 99.0 cm³/mol. The third-order valence-corrected chi connectivity index (χ3v) is 6.58. The summed E-state index contributed by atoms with van der Waals surface area (Å²) in [5.41, 5.74) is 4.35. The van der Waals surface area contributed by atoms with Crippen molar-refractivity contribution in [2.75, 3.05) is 0 Å². The highest BCUT2D eigenvalue weighted by atomic mass is 32.2. The van der Waals surface area contributed by atoms with Gasteiger partial charge >= 0.3 is 0 Å². The average molecular weight is 380 g/mol. The van der Waals surface area contributed by atoms with Crippen LogP contribution in [0.25, 0.3) is 0 Å². The largest absolute Gasteiger partial charge is 0.307 e. The Labute approximate surface area is 152 Å². The third-order valence-electron chi connectivity index (χ3n) is 4.51. The molecule has 0 aliphatic heterocycles. The molecule has 1 aliphatic rings. The zero-order chi connectivity index (χ0) is 18.2. The highest BCUT2D eigenvalue weighted by Crippen LogP contribution is 2.36. The van der Waals surface area contributed by atoms with Gasteiger partial charge in [-0.15, -0.1) is 0 Å². The van der Waals surface area contributed by atoms with Crippen molar-refractivity contribution in [2.45, 2.75) is 44.2 Å². The van der Waals surface area contributed by atoms with E-state index < -0.39 is 22.2 Å². The number of hydrogen-bond acceptors (Lipinski definition) is 5. The van der Waals surface area contributed by atoms with Crippen LogP contribution in [0.2, 0.25) is 0 Å². The molecule has 2 N–H and O–H groups in total. The minimum absolute atomic E-state index is 0.268. The van der Waals surface area contributed by atoms with Crippen LogP contribution in [0.5, 0.6) is 0 Å². The Bertz CT molecular complexity index is 873. The Kier molecular flexibility index (Phi) is 5.22. The van der Waals surface area contributed by atoms with Gasteiger partial charge in [-0.25, -0.2) is 13.1 Å². The summed E-state index contributed by atoms with van der Waals surface area (Å²) >= 11 is 0.268. The number of rotatable bonds is 5. The van der Waals surface area contributed by atoms with E-state index in [9.17, 15) is 8.42 Å². The molecule has 0 unspecified atom stereocenters.